The molecule has 3 rings (SSSR count). The third-order valence-electron chi connectivity index (χ3n) is 3.39. The number of morpholine rings is 1. The molecule has 1 aromatic heterocycles. The zero-order chi connectivity index (χ0) is 13.2. The van der Waals surface area contributed by atoms with E-state index >= 15 is 0 Å². The van der Waals surface area contributed by atoms with Gasteiger partial charge in [-0.15, -0.1) is 0 Å². The predicted octanol–water partition coefficient (Wildman–Crippen LogP) is 1.60. The minimum atomic E-state index is 0.735. The predicted molar refractivity (Wildman–Crippen MR) is 75.7 cm³/mol. The zero-order valence-corrected chi connectivity index (χ0v) is 11.0. The normalized spacial score (nSPS) is 15.7. The summed E-state index contributed by atoms with van der Waals surface area (Å²) in [4.78, 5) is 2.24. The Morgan fingerprint density at radius 3 is 2.53 bits per heavy atom. The molecule has 0 unspecified atom stereocenters. The second-order valence-corrected chi connectivity index (χ2v) is 4.67. The standard InChI is InChI=1S/C14H18N4O/c1-11-13(15)14(17-7-9-19-10-8-17)18(16-11)12-5-3-2-4-6-12/h2-6H,7-10,15H2,1H3. The lowest BCUT2D eigenvalue weighted by molar-refractivity contribution is 0.122. The molecule has 5 nitrogen and oxygen atoms in total. The van der Waals surface area contributed by atoms with Gasteiger partial charge < -0.3 is 15.4 Å². The highest BCUT2D eigenvalue weighted by Gasteiger charge is 2.21. The number of anilines is 2. The molecule has 0 saturated carbocycles. The van der Waals surface area contributed by atoms with Crippen LogP contribution in [0.4, 0.5) is 11.5 Å². The fraction of sp³-hybridized carbons (Fsp3) is 0.357. The van der Waals surface area contributed by atoms with E-state index in [0.717, 1.165) is 49.2 Å². The van der Waals surface area contributed by atoms with Crippen LogP contribution in [-0.2, 0) is 4.74 Å². The first-order chi connectivity index (χ1) is 9.27. The lowest BCUT2D eigenvalue weighted by Gasteiger charge is -2.29. The number of benzene rings is 1. The van der Waals surface area contributed by atoms with Crippen molar-refractivity contribution in [1.29, 1.82) is 0 Å². The third-order valence-corrected chi connectivity index (χ3v) is 3.39. The van der Waals surface area contributed by atoms with Crippen LogP contribution in [0.2, 0.25) is 0 Å². The van der Waals surface area contributed by atoms with Crippen LogP contribution in [0.1, 0.15) is 5.69 Å². The van der Waals surface area contributed by atoms with E-state index < -0.39 is 0 Å². The highest BCUT2D eigenvalue weighted by Crippen LogP contribution is 2.29. The average molecular weight is 258 g/mol. The second kappa shape index (κ2) is 4.93. The smallest absolute Gasteiger partial charge is 0.156 e. The van der Waals surface area contributed by atoms with Crippen molar-refractivity contribution in [1.82, 2.24) is 9.78 Å². The maximum atomic E-state index is 6.21. The van der Waals surface area contributed by atoms with Crippen LogP contribution >= 0.6 is 0 Å². The maximum absolute atomic E-state index is 6.21. The van der Waals surface area contributed by atoms with Gasteiger partial charge in [0.1, 0.15) is 0 Å². The molecule has 1 aliphatic rings. The van der Waals surface area contributed by atoms with Crippen LogP contribution in [-0.4, -0.2) is 36.1 Å². The number of rotatable bonds is 2. The fourth-order valence-electron chi connectivity index (χ4n) is 2.36. The van der Waals surface area contributed by atoms with Gasteiger partial charge in [0.05, 0.1) is 30.3 Å². The highest BCUT2D eigenvalue weighted by atomic mass is 16.5. The summed E-state index contributed by atoms with van der Waals surface area (Å²) < 4.78 is 7.33. The molecular formula is C14H18N4O. The van der Waals surface area contributed by atoms with Crippen molar-refractivity contribution in [2.75, 3.05) is 36.9 Å². The molecule has 2 heterocycles. The van der Waals surface area contributed by atoms with Gasteiger partial charge >= 0.3 is 0 Å². The van der Waals surface area contributed by atoms with Crippen molar-refractivity contribution in [3.63, 3.8) is 0 Å². The monoisotopic (exact) mass is 258 g/mol. The van der Waals surface area contributed by atoms with Gasteiger partial charge in [-0.1, -0.05) is 18.2 Å². The molecule has 1 saturated heterocycles. The Bertz CT molecular complexity index is 558. The molecule has 100 valence electrons. The Labute approximate surface area is 112 Å². The Kier molecular flexibility index (Phi) is 3.13. The summed E-state index contributed by atoms with van der Waals surface area (Å²) in [5.74, 6) is 0.979. The van der Waals surface area contributed by atoms with E-state index in [1.807, 2.05) is 41.9 Å². The molecule has 2 N–H and O–H groups in total. The van der Waals surface area contributed by atoms with Crippen molar-refractivity contribution in [3.05, 3.63) is 36.0 Å². The molecule has 0 atom stereocenters. The van der Waals surface area contributed by atoms with Crippen LogP contribution in [0.15, 0.2) is 30.3 Å². The first kappa shape index (κ1) is 12.0. The highest BCUT2D eigenvalue weighted by molar-refractivity contribution is 5.68. The summed E-state index contributed by atoms with van der Waals surface area (Å²) in [5, 5.41) is 4.56. The van der Waals surface area contributed by atoms with E-state index in [1.165, 1.54) is 0 Å². The van der Waals surface area contributed by atoms with Crippen LogP contribution in [0.25, 0.3) is 5.69 Å². The quantitative estimate of drug-likeness (QED) is 0.889. The lowest BCUT2D eigenvalue weighted by atomic mass is 10.3. The Morgan fingerprint density at radius 2 is 1.84 bits per heavy atom. The number of nitrogens with two attached hydrogens (primary N) is 1. The molecule has 0 amide bonds. The summed E-state index contributed by atoms with van der Waals surface area (Å²) in [6.07, 6.45) is 0. The largest absolute Gasteiger partial charge is 0.394 e. The number of hydrogen-bond acceptors (Lipinski definition) is 4. The summed E-state index contributed by atoms with van der Waals surface area (Å²) in [7, 11) is 0. The number of ether oxygens (including phenoxy) is 1. The van der Waals surface area contributed by atoms with E-state index in [-0.39, 0.29) is 0 Å². The minimum Gasteiger partial charge on any atom is -0.394 e. The molecular weight excluding hydrogens is 240 g/mol. The minimum absolute atomic E-state index is 0.735. The van der Waals surface area contributed by atoms with Gasteiger partial charge in [0, 0.05) is 13.1 Å². The van der Waals surface area contributed by atoms with Crippen LogP contribution < -0.4 is 10.6 Å². The summed E-state index contributed by atoms with van der Waals surface area (Å²) in [6, 6.07) is 10.1. The summed E-state index contributed by atoms with van der Waals surface area (Å²) in [6.45, 7) is 5.11. The van der Waals surface area contributed by atoms with E-state index in [0.29, 0.717) is 0 Å². The Balaban J connectivity index is 2.07. The lowest BCUT2D eigenvalue weighted by Crippen LogP contribution is -2.37. The van der Waals surface area contributed by atoms with Crippen molar-refractivity contribution >= 4 is 11.5 Å². The van der Waals surface area contributed by atoms with E-state index in [1.54, 1.807) is 0 Å². The molecule has 1 aromatic carbocycles. The molecule has 5 heteroatoms. The molecule has 0 radical (unpaired) electrons. The van der Waals surface area contributed by atoms with Gasteiger partial charge in [0.25, 0.3) is 0 Å². The maximum Gasteiger partial charge on any atom is 0.156 e. The molecule has 0 bridgehead atoms. The average Bonchev–Trinajstić information content (AvgIpc) is 2.77. The first-order valence-electron chi connectivity index (χ1n) is 6.50. The topological polar surface area (TPSA) is 56.3 Å². The van der Waals surface area contributed by atoms with Crippen molar-refractivity contribution in [2.24, 2.45) is 0 Å². The number of aromatic nitrogens is 2. The van der Waals surface area contributed by atoms with Crippen molar-refractivity contribution in [2.45, 2.75) is 6.92 Å². The van der Waals surface area contributed by atoms with Gasteiger partial charge in [0.15, 0.2) is 5.82 Å². The van der Waals surface area contributed by atoms with Gasteiger partial charge in [-0.2, -0.15) is 5.10 Å². The number of para-hydroxylation sites is 1. The number of nitrogen functional groups attached to an aromatic ring is 1. The molecule has 0 spiro atoms. The number of aryl methyl sites for hydroxylation is 1. The van der Waals surface area contributed by atoms with Crippen LogP contribution in [0, 0.1) is 6.92 Å². The van der Waals surface area contributed by atoms with Gasteiger partial charge in [-0.3, -0.25) is 0 Å². The molecule has 1 fully saturated rings. The first-order valence-corrected chi connectivity index (χ1v) is 6.50. The number of hydrogen-bond donors (Lipinski definition) is 1. The Hall–Kier alpha value is -2.01. The Morgan fingerprint density at radius 1 is 1.16 bits per heavy atom. The number of nitrogens with zero attached hydrogens (tertiary/aromatic N) is 3. The van der Waals surface area contributed by atoms with E-state index in [4.69, 9.17) is 10.5 Å². The fourth-order valence-corrected chi connectivity index (χ4v) is 2.36. The van der Waals surface area contributed by atoms with Crippen molar-refractivity contribution < 1.29 is 4.74 Å². The SMILES string of the molecule is Cc1nn(-c2ccccc2)c(N2CCOCC2)c1N. The van der Waals surface area contributed by atoms with Crippen molar-refractivity contribution in [3.8, 4) is 5.69 Å². The molecule has 1 aliphatic heterocycles. The zero-order valence-electron chi connectivity index (χ0n) is 11.0. The van der Waals surface area contributed by atoms with Gasteiger partial charge in [-0.25, -0.2) is 4.68 Å². The summed E-state index contributed by atoms with van der Waals surface area (Å²) in [5.41, 5.74) is 8.86. The summed E-state index contributed by atoms with van der Waals surface area (Å²) >= 11 is 0. The van der Waals surface area contributed by atoms with Gasteiger partial charge in [0.2, 0.25) is 0 Å². The van der Waals surface area contributed by atoms with E-state index in [2.05, 4.69) is 10.00 Å². The molecule has 19 heavy (non-hydrogen) atoms. The molecule has 0 aliphatic carbocycles. The molecule has 2 aromatic rings. The third kappa shape index (κ3) is 2.17. The van der Waals surface area contributed by atoms with Crippen LogP contribution in [0.3, 0.4) is 0 Å². The second-order valence-electron chi connectivity index (χ2n) is 4.67. The van der Waals surface area contributed by atoms with Crippen LogP contribution in [0.5, 0.6) is 0 Å². The van der Waals surface area contributed by atoms with E-state index in [9.17, 15) is 0 Å². The van der Waals surface area contributed by atoms with Gasteiger partial charge in [-0.05, 0) is 19.1 Å².